The van der Waals surface area contributed by atoms with Gasteiger partial charge in [-0.15, -0.1) is 0 Å². The molecule has 2 aromatic carbocycles. The predicted octanol–water partition coefficient (Wildman–Crippen LogP) is 5.73. The smallest absolute Gasteiger partial charge is 0.242 e. The van der Waals surface area contributed by atoms with Gasteiger partial charge in [-0.3, -0.25) is 9.59 Å². The summed E-state index contributed by atoms with van der Waals surface area (Å²) in [6.07, 6.45) is 0.752. The lowest BCUT2D eigenvalue weighted by Crippen LogP contribution is -2.50. The Kier molecular flexibility index (Phi) is 9.39. The molecule has 1 N–H and O–H groups in total. The summed E-state index contributed by atoms with van der Waals surface area (Å²) in [6, 6.07) is 10.8. The summed E-state index contributed by atoms with van der Waals surface area (Å²) >= 11 is 12.2. The van der Waals surface area contributed by atoms with Crippen LogP contribution in [0.25, 0.3) is 0 Å². The number of hydrogen-bond donors (Lipinski definition) is 1. The molecule has 0 saturated carbocycles. The molecule has 0 fully saturated rings. The number of aryl methyl sites for hydroxylation is 2. The van der Waals surface area contributed by atoms with Crippen molar-refractivity contribution in [3.8, 4) is 0 Å². The van der Waals surface area contributed by atoms with Gasteiger partial charge in [-0.2, -0.15) is 0 Å². The summed E-state index contributed by atoms with van der Waals surface area (Å²) in [5.74, 6) is 0.101. The fraction of sp³-hybridized carbons (Fsp3) is 0.440. The maximum Gasteiger partial charge on any atom is 0.242 e. The number of rotatable bonds is 9. The summed E-state index contributed by atoms with van der Waals surface area (Å²) in [5.41, 5.74) is 4.00. The first-order valence-corrected chi connectivity index (χ1v) is 11.4. The van der Waals surface area contributed by atoms with E-state index in [2.05, 4.69) is 11.4 Å². The molecular weight excluding hydrogens is 431 g/mol. The van der Waals surface area contributed by atoms with Crippen molar-refractivity contribution >= 4 is 35.0 Å². The zero-order valence-electron chi connectivity index (χ0n) is 19.0. The molecule has 0 aliphatic carbocycles. The molecule has 4 nitrogen and oxygen atoms in total. The molecule has 0 bridgehead atoms. The van der Waals surface area contributed by atoms with Crippen molar-refractivity contribution in [2.45, 2.75) is 60.0 Å². The second-order valence-corrected chi connectivity index (χ2v) is 9.32. The number of halogens is 2. The molecule has 6 heteroatoms. The lowest BCUT2D eigenvalue weighted by molar-refractivity contribution is -0.141. The minimum absolute atomic E-state index is 0.0948. The fourth-order valence-electron chi connectivity index (χ4n) is 3.62. The first-order valence-electron chi connectivity index (χ1n) is 10.7. The van der Waals surface area contributed by atoms with E-state index in [0.717, 1.165) is 22.3 Å². The number of hydrogen-bond acceptors (Lipinski definition) is 2. The van der Waals surface area contributed by atoms with Crippen molar-refractivity contribution in [2.24, 2.45) is 5.92 Å². The summed E-state index contributed by atoms with van der Waals surface area (Å²) in [7, 11) is 0. The van der Waals surface area contributed by atoms with Crippen molar-refractivity contribution in [2.75, 3.05) is 6.54 Å². The number of benzene rings is 2. The molecule has 0 spiro atoms. The number of amides is 2. The first-order chi connectivity index (χ1) is 14.6. The first kappa shape index (κ1) is 25.2. The van der Waals surface area contributed by atoms with Crippen molar-refractivity contribution in [1.82, 2.24) is 10.2 Å². The normalized spacial score (nSPS) is 12.0. The highest BCUT2D eigenvalue weighted by molar-refractivity contribution is 6.42. The molecular formula is C25H32Cl2N2O2. The molecule has 2 amide bonds. The third-order valence-corrected chi connectivity index (χ3v) is 5.78. The molecule has 1 atom stereocenters. The van der Waals surface area contributed by atoms with Gasteiger partial charge < -0.3 is 10.2 Å². The monoisotopic (exact) mass is 462 g/mol. The van der Waals surface area contributed by atoms with Crippen LogP contribution in [0.15, 0.2) is 36.4 Å². The number of nitrogens with one attached hydrogen (secondary N) is 1. The highest BCUT2D eigenvalue weighted by Gasteiger charge is 2.28. The van der Waals surface area contributed by atoms with E-state index in [1.165, 1.54) is 0 Å². The topological polar surface area (TPSA) is 49.4 Å². The van der Waals surface area contributed by atoms with Crippen molar-refractivity contribution in [1.29, 1.82) is 0 Å². The number of nitrogens with zero attached hydrogens (tertiary/aromatic N) is 1. The van der Waals surface area contributed by atoms with Crippen LogP contribution in [0.4, 0.5) is 0 Å². The molecule has 0 unspecified atom stereocenters. The maximum absolute atomic E-state index is 13.4. The van der Waals surface area contributed by atoms with Crippen LogP contribution in [0.2, 0.25) is 10.0 Å². The van der Waals surface area contributed by atoms with Crippen LogP contribution < -0.4 is 5.32 Å². The minimum atomic E-state index is -0.563. The van der Waals surface area contributed by atoms with Gasteiger partial charge in [0.05, 0.1) is 16.5 Å². The second-order valence-electron chi connectivity index (χ2n) is 8.51. The quantitative estimate of drug-likeness (QED) is 0.516. The zero-order valence-corrected chi connectivity index (χ0v) is 20.5. The van der Waals surface area contributed by atoms with E-state index in [9.17, 15) is 9.59 Å². The molecule has 0 heterocycles. The van der Waals surface area contributed by atoms with Crippen LogP contribution in [-0.4, -0.2) is 29.3 Å². The van der Waals surface area contributed by atoms with E-state index >= 15 is 0 Å². The van der Waals surface area contributed by atoms with Crippen molar-refractivity contribution < 1.29 is 9.59 Å². The Bertz CT molecular complexity index is 907. The van der Waals surface area contributed by atoms with Crippen LogP contribution in [0.5, 0.6) is 0 Å². The standard InChI is InChI=1S/C25H32Cl2N2O2/c1-6-23(25(31)28-14-16(2)3)29(15-19-7-8-21(26)22(27)12-19)24(30)13-20-10-17(4)9-18(5)11-20/h7-12,16,23H,6,13-15H2,1-5H3,(H,28,31)/t23-/m0/s1. The Morgan fingerprint density at radius 1 is 0.968 bits per heavy atom. The summed E-state index contributed by atoms with van der Waals surface area (Å²) in [5, 5.41) is 3.86. The van der Waals surface area contributed by atoms with Gasteiger partial charge in [0.1, 0.15) is 6.04 Å². The number of carbonyl (C=O) groups is 2. The second kappa shape index (κ2) is 11.5. The lowest BCUT2D eigenvalue weighted by atomic mass is 10.0. The molecule has 0 aliphatic rings. The van der Waals surface area contributed by atoms with Crippen LogP contribution in [0.1, 0.15) is 49.4 Å². The van der Waals surface area contributed by atoms with Crippen LogP contribution in [0, 0.1) is 19.8 Å². The van der Waals surface area contributed by atoms with Crippen molar-refractivity contribution in [3.63, 3.8) is 0 Å². The van der Waals surface area contributed by atoms with Crippen molar-refractivity contribution in [3.05, 3.63) is 68.7 Å². The zero-order chi connectivity index (χ0) is 23.1. The third-order valence-electron chi connectivity index (χ3n) is 5.04. The molecule has 0 aliphatic heterocycles. The van der Waals surface area contributed by atoms with E-state index in [4.69, 9.17) is 23.2 Å². The molecule has 0 radical (unpaired) electrons. The van der Waals surface area contributed by atoms with Gasteiger partial charge >= 0.3 is 0 Å². The third kappa shape index (κ3) is 7.55. The molecule has 31 heavy (non-hydrogen) atoms. The molecule has 168 valence electrons. The average molecular weight is 463 g/mol. The van der Waals surface area contributed by atoms with E-state index < -0.39 is 6.04 Å². The lowest BCUT2D eigenvalue weighted by Gasteiger charge is -2.31. The van der Waals surface area contributed by atoms with E-state index in [0.29, 0.717) is 28.9 Å². The van der Waals surface area contributed by atoms with E-state index in [-0.39, 0.29) is 24.8 Å². The van der Waals surface area contributed by atoms with E-state index in [1.807, 2.05) is 52.8 Å². The summed E-state index contributed by atoms with van der Waals surface area (Å²) < 4.78 is 0. The Morgan fingerprint density at radius 3 is 2.16 bits per heavy atom. The Balaban J connectivity index is 2.33. The van der Waals surface area contributed by atoms with Gasteiger partial charge in [0.15, 0.2) is 0 Å². The SMILES string of the molecule is CC[C@@H](C(=O)NCC(C)C)N(Cc1ccc(Cl)c(Cl)c1)C(=O)Cc1cc(C)cc(C)c1. The molecule has 2 rings (SSSR count). The van der Waals surface area contributed by atoms with Gasteiger partial charge in [-0.1, -0.05) is 79.4 Å². The minimum Gasteiger partial charge on any atom is -0.354 e. The fourth-order valence-corrected chi connectivity index (χ4v) is 3.94. The highest BCUT2D eigenvalue weighted by Crippen LogP contribution is 2.24. The summed E-state index contributed by atoms with van der Waals surface area (Å²) in [4.78, 5) is 28.0. The maximum atomic E-state index is 13.4. The average Bonchev–Trinajstić information content (AvgIpc) is 2.68. The highest BCUT2D eigenvalue weighted by atomic mass is 35.5. The van der Waals surface area contributed by atoms with Crippen LogP contribution >= 0.6 is 23.2 Å². The van der Waals surface area contributed by atoms with Gasteiger partial charge in [-0.05, 0) is 49.4 Å². The Labute approximate surface area is 195 Å². The Morgan fingerprint density at radius 2 is 1.61 bits per heavy atom. The number of carbonyl (C=O) groups excluding carboxylic acids is 2. The summed E-state index contributed by atoms with van der Waals surface area (Å²) in [6.45, 7) is 10.9. The molecule has 2 aromatic rings. The van der Waals surface area contributed by atoms with Gasteiger partial charge in [0.2, 0.25) is 11.8 Å². The van der Waals surface area contributed by atoms with Crippen LogP contribution in [0.3, 0.4) is 0 Å². The predicted molar refractivity (Wildman–Crippen MR) is 129 cm³/mol. The van der Waals surface area contributed by atoms with Crippen LogP contribution in [-0.2, 0) is 22.6 Å². The molecule has 0 saturated heterocycles. The van der Waals surface area contributed by atoms with Gasteiger partial charge in [0, 0.05) is 13.1 Å². The largest absolute Gasteiger partial charge is 0.354 e. The van der Waals surface area contributed by atoms with E-state index in [1.54, 1.807) is 17.0 Å². The van der Waals surface area contributed by atoms with Gasteiger partial charge in [-0.25, -0.2) is 0 Å². The molecule has 0 aromatic heterocycles. The Hall–Kier alpha value is -2.04. The van der Waals surface area contributed by atoms with Gasteiger partial charge in [0.25, 0.3) is 0 Å².